The average Bonchev–Trinajstić information content (AvgIpc) is 3.16. The lowest BCUT2D eigenvalue weighted by atomic mass is 9.89. The number of carbonyl (C=O) groups is 1. The molecule has 0 unspecified atom stereocenters. The minimum atomic E-state index is -0.859. The fourth-order valence-electron chi connectivity index (χ4n) is 7.34. The first-order valence-electron chi connectivity index (χ1n) is 18.6. The van der Waals surface area contributed by atoms with Crippen molar-refractivity contribution in [1.82, 2.24) is 25.1 Å². The first kappa shape index (κ1) is 38.2. The molecule has 2 aromatic carbocycles. The molecule has 1 spiro atoms. The smallest absolute Gasteiger partial charge is 0.271 e. The van der Waals surface area contributed by atoms with Gasteiger partial charge < -0.3 is 49.7 Å². The molecule has 2 aliphatic rings. The number of nitrogens with zero attached hydrogens (tertiary/aromatic N) is 3. The molecule has 4 heterocycles. The first-order valence-corrected chi connectivity index (χ1v) is 18.6. The lowest BCUT2D eigenvalue weighted by molar-refractivity contribution is -0.131. The van der Waals surface area contributed by atoms with Crippen molar-refractivity contribution in [2.75, 3.05) is 84.1 Å². The Morgan fingerprint density at radius 3 is 2.66 bits per heavy atom. The number of rotatable bonds is 16. The van der Waals surface area contributed by atoms with Gasteiger partial charge in [-0.1, -0.05) is 30.3 Å². The summed E-state index contributed by atoms with van der Waals surface area (Å²) in [7, 11) is 1.75. The quantitative estimate of drug-likeness (QED) is 0.108. The van der Waals surface area contributed by atoms with Crippen LogP contribution in [0.4, 0.5) is 5.69 Å². The van der Waals surface area contributed by atoms with E-state index in [4.69, 9.17) is 9.47 Å². The third-order valence-electron chi connectivity index (χ3n) is 10.5. The number of phenolic OH excluding ortho intramolecular Hbond substituents is 1. The Labute approximate surface area is 309 Å². The van der Waals surface area contributed by atoms with Crippen molar-refractivity contribution < 1.29 is 24.5 Å². The lowest BCUT2D eigenvalue weighted by Gasteiger charge is -2.47. The van der Waals surface area contributed by atoms with Crippen LogP contribution in [0.3, 0.4) is 0 Å². The molecule has 13 nitrogen and oxygen atoms in total. The third-order valence-corrected chi connectivity index (χ3v) is 10.5. The number of pyridine rings is 2. The van der Waals surface area contributed by atoms with Crippen LogP contribution in [-0.2, 0) is 27.1 Å². The maximum Gasteiger partial charge on any atom is 0.271 e. The van der Waals surface area contributed by atoms with Gasteiger partial charge in [-0.2, -0.15) is 0 Å². The van der Waals surface area contributed by atoms with Gasteiger partial charge in [0.2, 0.25) is 11.5 Å². The van der Waals surface area contributed by atoms with Crippen LogP contribution in [0.1, 0.15) is 42.1 Å². The highest BCUT2D eigenvalue weighted by Gasteiger charge is 2.40. The highest BCUT2D eigenvalue weighted by molar-refractivity contribution is 5.87. The molecule has 5 N–H and O–H groups in total. The number of likely N-dealkylation sites (N-methyl/N-ethyl adjacent to an activating group) is 1. The normalized spacial score (nSPS) is 16.6. The number of benzene rings is 2. The molecule has 0 radical (unpaired) electrons. The number of ether oxygens (including phenoxy) is 2. The number of amides is 1. The number of fused-ring (bicyclic) bond motifs is 1. The zero-order valence-electron chi connectivity index (χ0n) is 30.5. The number of anilines is 1. The van der Waals surface area contributed by atoms with Gasteiger partial charge in [0.1, 0.15) is 11.4 Å². The average molecular weight is 729 g/mol. The van der Waals surface area contributed by atoms with E-state index < -0.39 is 6.10 Å². The van der Waals surface area contributed by atoms with Crippen LogP contribution in [0, 0.1) is 0 Å². The number of hydrogen-bond acceptors (Lipinski definition) is 10. The van der Waals surface area contributed by atoms with E-state index in [2.05, 4.69) is 49.4 Å². The highest BCUT2D eigenvalue weighted by Crippen LogP contribution is 2.32. The Morgan fingerprint density at radius 2 is 1.85 bits per heavy atom. The maximum atomic E-state index is 12.6. The minimum Gasteiger partial charge on any atom is -0.506 e. The number of aromatic nitrogens is 2. The standard InChI is InChI=1S/C40H52N6O7/c1-44(21-17-41-27-35(48)31-7-9-34(47)38-32(31)8-10-36(49)43-38)37(50)13-24-52-23-12-30-5-2-4-29(26-30)11-18-45-19-14-40(15-20-45)28-46(22-25-53-40)33-6-3-16-42-39(33)51/h2-10,16,26,35,41,47-48H,11-15,17-25,27-28H2,1H3,(H,42,51)(H,43,49)/t35-/m0/s1. The van der Waals surface area contributed by atoms with Gasteiger partial charge in [-0.15, -0.1) is 0 Å². The number of phenols is 1. The molecular weight excluding hydrogens is 676 g/mol. The van der Waals surface area contributed by atoms with Crippen molar-refractivity contribution in [1.29, 1.82) is 0 Å². The number of likely N-dealkylation sites (tertiary alicyclic amines) is 1. The van der Waals surface area contributed by atoms with E-state index in [1.54, 1.807) is 30.3 Å². The van der Waals surface area contributed by atoms with Crippen LogP contribution in [-0.4, -0.2) is 121 Å². The number of carbonyl (C=O) groups excluding carboxylic acids is 1. The summed E-state index contributed by atoms with van der Waals surface area (Å²) in [6.45, 7) is 7.17. The van der Waals surface area contributed by atoms with Crippen molar-refractivity contribution in [2.24, 2.45) is 0 Å². The van der Waals surface area contributed by atoms with Gasteiger partial charge in [0.05, 0.1) is 43.5 Å². The molecule has 0 bridgehead atoms. The van der Waals surface area contributed by atoms with Gasteiger partial charge in [-0.25, -0.2) is 0 Å². The molecule has 1 atom stereocenters. The van der Waals surface area contributed by atoms with Crippen molar-refractivity contribution in [3.05, 3.63) is 104 Å². The number of nitrogens with one attached hydrogen (secondary N) is 3. The first-order chi connectivity index (χ1) is 25.7. The third kappa shape index (κ3) is 10.1. The Balaban J connectivity index is 0.839. The zero-order valence-corrected chi connectivity index (χ0v) is 30.5. The van der Waals surface area contributed by atoms with Gasteiger partial charge in [0, 0.05) is 77.1 Å². The Bertz CT molecular complexity index is 1940. The second kappa shape index (κ2) is 18.0. The van der Waals surface area contributed by atoms with Crippen molar-refractivity contribution in [2.45, 2.75) is 43.8 Å². The van der Waals surface area contributed by atoms with Crippen molar-refractivity contribution >= 4 is 22.5 Å². The summed E-state index contributed by atoms with van der Waals surface area (Å²) in [5.41, 5.74) is 3.56. The van der Waals surface area contributed by atoms with E-state index in [0.717, 1.165) is 64.1 Å². The second-order valence-corrected chi connectivity index (χ2v) is 14.2. The molecule has 4 aromatic rings. The lowest BCUT2D eigenvalue weighted by Crippen LogP contribution is -2.57. The van der Waals surface area contributed by atoms with E-state index in [1.807, 2.05) is 12.1 Å². The van der Waals surface area contributed by atoms with E-state index in [0.29, 0.717) is 55.8 Å². The molecule has 2 fully saturated rings. The number of aliphatic hydroxyl groups excluding tert-OH is 1. The summed E-state index contributed by atoms with van der Waals surface area (Å²) in [4.78, 5) is 48.4. The van der Waals surface area contributed by atoms with Crippen LogP contribution in [0.5, 0.6) is 5.75 Å². The summed E-state index contributed by atoms with van der Waals surface area (Å²) in [5.74, 6) is -0.0621. The predicted molar refractivity (Wildman–Crippen MR) is 205 cm³/mol. The summed E-state index contributed by atoms with van der Waals surface area (Å²) in [6, 6.07) is 18.5. The molecule has 0 aliphatic carbocycles. The molecule has 2 aromatic heterocycles. The van der Waals surface area contributed by atoms with Gasteiger partial charge in [-0.05, 0) is 66.6 Å². The summed E-state index contributed by atoms with van der Waals surface area (Å²) < 4.78 is 12.2. The highest BCUT2D eigenvalue weighted by atomic mass is 16.5. The van der Waals surface area contributed by atoms with Crippen LogP contribution in [0.25, 0.3) is 10.9 Å². The Morgan fingerprint density at radius 1 is 1.04 bits per heavy atom. The molecule has 284 valence electrons. The van der Waals surface area contributed by atoms with E-state index in [-0.39, 0.29) is 34.9 Å². The van der Waals surface area contributed by atoms with Gasteiger partial charge in [0.15, 0.2) is 0 Å². The van der Waals surface area contributed by atoms with Crippen molar-refractivity contribution in [3.63, 3.8) is 0 Å². The molecule has 6 rings (SSSR count). The summed E-state index contributed by atoms with van der Waals surface area (Å²) >= 11 is 0. The van der Waals surface area contributed by atoms with Crippen LogP contribution in [0.15, 0.2) is 76.4 Å². The second-order valence-electron chi connectivity index (χ2n) is 14.2. The Hall–Kier alpha value is -4.53. The number of aromatic amines is 2. The van der Waals surface area contributed by atoms with E-state index in [1.165, 1.54) is 23.3 Å². The van der Waals surface area contributed by atoms with E-state index >= 15 is 0 Å². The predicted octanol–water partition coefficient (Wildman–Crippen LogP) is 2.57. The number of hydrogen-bond donors (Lipinski definition) is 5. The number of piperidine rings is 1. The van der Waals surface area contributed by atoms with Crippen LogP contribution < -0.4 is 21.3 Å². The fraction of sp³-hybridized carbons (Fsp3) is 0.475. The molecular formula is C40H52N6O7. The van der Waals surface area contributed by atoms with Gasteiger partial charge in [0.25, 0.3) is 5.56 Å². The fourth-order valence-corrected chi connectivity index (χ4v) is 7.34. The monoisotopic (exact) mass is 728 g/mol. The van der Waals surface area contributed by atoms with Crippen LogP contribution in [0.2, 0.25) is 0 Å². The SMILES string of the molecule is CN(CCNC[C@H](O)c1ccc(O)c2[nH]c(=O)ccc12)C(=O)CCOCCc1cccc(CCN2CCC3(CC2)CN(c2ccc[nH]c2=O)CCO3)c1. The summed E-state index contributed by atoms with van der Waals surface area (Å²) in [6.07, 6.45) is 4.76. The maximum absolute atomic E-state index is 12.6. The number of aromatic hydroxyl groups is 1. The van der Waals surface area contributed by atoms with Crippen LogP contribution >= 0.6 is 0 Å². The Kier molecular flexibility index (Phi) is 13.0. The van der Waals surface area contributed by atoms with Gasteiger partial charge >= 0.3 is 0 Å². The zero-order chi connectivity index (χ0) is 37.2. The van der Waals surface area contributed by atoms with Crippen molar-refractivity contribution in [3.8, 4) is 5.75 Å². The topological polar surface area (TPSA) is 163 Å². The molecule has 1 amide bonds. The molecule has 13 heteroatoms. The molecule has 2 aliphatic heterocycles. The molecule has 2 saturated heterocycles. The number of H-pyrrole nitrogens is 2. The number of aliphatic hydroxyl groups is 1. The molecule has 0 saturated carbocycles. The number of morpholine rings is 1. The minimum absolute atomic E-state index is 0.00900. The largest absolute Gasteiger partial charge is 0.506 e. The van der Waals surface area contributed by atoms with E-state index in [9.17, 15) is 24.6 Å². The molecule has 53 heavy (non-hydrogen) atoms. The summed E-state index contributed by atoms with van der Waals surface area (Å²) in [5, 5.41) is 24.6. The van der Waals surface area contributed by atoms with Gasteiger partial charge in [-0.3, -0.25) is 14.4 Å².